The molecule has 0 radical (unpaired) electrons. The number of nitrogens with one attached hydrogen (secondary N) is 1. The lowest BCUT2D eigenvalue weighted by molar-refractivity contribution is -0.161. The van der Waals surface area contributed by atoms with Gasteiger partial charge in [-0.05, 0) is 37.3 Å². The number of aliphatic hydroxyl groups excluding tert-OH is 1. The molecule has 2 saturated heterocycles. The summed E-state index contributed by atoms with van der Waals surface area (Å²) < 4.78 is 19.0. The molecule has 2 aliphatic heterocycles. The number of nitrogens with zero attached hydrogens (tertiary/aromatic N) is 5. The number of hydrogen-bond acceptors (Lipinski definition) is 8. The number of halogens is 2. The standard InChI is InChI=1S/C22H24ClFN6O3/c1-13-2-5-18-19(25-13)27-21(33-18)28-6-8-29(9-7-28)22(32)30-11-14(12-30)20(31)26-17-4-3-15(24)10-16(17)23/h2-5,10,14,22,32H,6-9,11-12H2,1H3,(H,26,31). The Morgan fingerprint density at radius 1 is 1.18 bits per heavy atom. The second-order valence-corrected chi connectivity index (χ2v) is 8.81. The molecule has 0 spiro atoms. The smallest absolute Gasteiger partial charge is 0.300 e. The largest absolute Gasteiger partial charge is 0.422 e. The number of piperazine rings is 1. The topological polar surface area (TPSA) is 98.0 Å². The van der Waals surface area contributed by atoms with Gasteiger partial charge in [0, 0.05) is 45.0 Å². The van der Waals surface area contributed by atoms with Crippen molar-refractivity contribution in [2.45, 2.75) is 13.3 Å². The number of anilines is 2. The maximum Gasteiger partial charge on any atom is 0.300 e. The van der Waals surface area contributed by atoms with Crippen LogP contribution in [0.1, 0.15) is 5.69 Å². The van der Waals surface area contributed by atoms with Crippen LogP contribution >= 0.6 is 11.6 Å². The zero-order valence-electron chi connectivity index (χ0n) is 18.0. The first kappa shape index (κ1) is 22.0. The van der Waals surface area contributed by atoms with Gasteiger partial charge in [-0.3, -0.25) is 14.6 Å². The summed E-state index contributed by atoms with van der Waals surface area (Å²) in [5.74, 6) is -0.923. The Morgan fingerprint density at radius 2 is 1.94 bits per heavy atom. The Balaban J connectivity index is 1.11. The maximum atomic E-state index is 13.2. The molecule has 3 aromatic rings. The van der Waals surface area contributed by atoms with Gasteiger partial charge in [0.1, 0.15) is 5.82 Å². The van der Waals surface area contributed by atoms with Gasteiger partial charge in [-0.15, -0.1) is 0 Å². The van der Waals surface area contributed by atoms with Crippen molar-refractivity contribution in [3.63, 3.8) is 0 Å². The Kier molecular flexibility index (Phi) is 5.92. The van der Waals surface area contributed by atoms with Crippen molar-refractivity contribution in [1.82, 2.24) is 19.8 Å². The van der Waals surface area contributed by atoms with Crippen LogP contribution in [0.2, 0.25) is 5.02 Å². The molecule has 1 aromatic carbocycles. The highest BCUT2D eigenvalue weighted by Gasteiger charge is 2.39. The fourth-order valence-electron chi connectivity index (χ4n) is 4.10. The molecule has 9 nitrogen and oxygen atoms in total. The third kappa shape index (κ3) is 4.51. The van der Waals surface area contributed by atoms with E-state index in [4.69, 9.17) is 16.0 Å². The molecule has 2 N–H and O–H groups in total. The second kappa shape index (κ2) is 8.86. The quantitative estimate of drug-likeness (QED) is 0.581. The van der Waals surface area contributed by atoms with Crippen LogP contribution in [0.3, 0.4) is 0 Å². The lowest BCUT2D eigenvalue weighted by Gasteiger charge is -2.46. The Labute approximate surface area is 194 Å². The van der Waals surface area contributed by atoms with Crippen molar-refractivity contribution >= 4 is 40.4 Å². The van der Waals surface area contributed by atoms with E-state index in [0.29, 0.717) is 62.2 Å². The van der Waals surface area contributed by atoms with Gasteiger partial charge >= 0.3 is 0 Å². The predicted octanol–water partition coefficient (Wildman–Crippen LogP) is 2.29. The minimum absolute atomic E-state index is 0.155. The van der Waals surface area contributed by atoms with Gasteiger partial charge in [-0.2, -0.15) is 4.98 Å². The van der Waals surface area contributed by atoms with Gasteiger partial charge in [0.05, 0.1) is 16.6 Å². The molecule has 1 atom stereocenters. The summed E-state index contributed by atoms with van der Waals surface area (Å²) in [6.45, 7) is 5.35. The molecule has 0 saturated carbocycles. The van der Waals surface area contributed by atoms with E-state index >= 15 is 0 Å². The zero-order chi connectivity index (χ0) is 23.1. The molecule has 174 valence electrons. The highest BCUT2D eigenvalue weighted by atomic mass is 35.5. The number of pyridine rings is 1. The predicted molar refractivity (Wildman–Crippen MR) is 121 cm³/mol. The minimum atomic E-state index is -0.765. The van der Waals surface area contributed by atoms with E-state index in [1.165, 1.54) is 12.1 Å². The first-order chi connectivity index (χ1) is 15.9. The first-order valence-corrected chi connectivity index (χ1v) is 11.2. The van der Waals surface area contributed by atoms with Crippen LogP contribution in [0, 0.1) is 18.7 Å². The summed E-state index contributed by atoms with van der Waals surface area (Å²) in [4.78, 5) is 27.2. The van der Waals surface area contributed by atoms with Gasteiger partial charge in [-0.25, -0.2) is 9.37 Å². The lowest BCUT2D eigenvalue weighted by Crippen LogP contribution is -2.63. The molecule has 33 heavy (non-hydrogen) atoms. The fraction of sp³-hybridized carbons (Fsp3) is 0.409. The number of aliphatic hydroxyl groups is 1. The van der Waals surface area contributed by atoms with Crippen LogP contribution in [0.4, 0.5) is 16.1 Å². The second-order valence-electron chi connectivity index (χ2n) is 8.40. The van der Waals surface area contributed by atoms with E-state index in [2.05, 4.69) is 15.3 Å². The van der Waals surface area contributed by atoms with Gasteiger partial charge in [0.15, 0.2) is 11.9 Å². The van der Waals surface area contributed by atoms with E-state index in [0.717, 1.165) is 11.8 Å². The van der Waals surface area contributed by atoms with E-state index in [1.54, 1.807) is 0 Å². The summed E-state index contributed by atoms with van der Waals surface area (Å²) in [6, 6.07) is 8.14. The number of likely N-dealkylation sites (tertiary alicyclic amines) is 1. The van der Waals surface area contributed by atoms with Crippen molar-refractivity contribution < 1.29 is 18.7 Å². The summed E-state index contributed by atoms with van der Waals surface area (Å²) in [7, 11) is 0. The molecule has 2 fully saturated rings. The average molecular weight is 475 g/mol. The average Bonchev–Trinajstić information content (AvgIpc) is 3.18. The summed E-state index contributed by atoms with van der Waals surface area (Å²) in [5, 5.41) is 13.6. The van der Waals surface area contributed by atoms with Gasteiger partial charge in [-0.1, -0.05) is 11.6 Å². The van der Waals surface area contributed by atoms with Gasteiger partial charge in [0.25, 0.3) is 6.01 Å². The third-order valence-corrected chi connectivity index (χ3v) is 6.40. The van der Waals surface area contributed by atoms with E-state index in [-0.39, 0.29) is 16.8 Å². The third-order valence-electron chi connectivity index (χ3n) is 6.09. The van der Waals surface area contributed by atoms with Gasteiger partial charge in [0.2, 0.25) is 11.6 Å². The molecule has 4 heterocycles. The van der Waals surface area contributed by atoms with Crippen LogP contribution in [0.15, 0.2) is 34.7 Å². The Morgan fingerprint density at radius 3 is 2.67 bits per heavy atom. The molecular weight excluding hydrogens is 451 g/mol. The van der Waals surface area contributed by atoms with Crippen LogP contribution in [0.5, 0.6) is 0 Å². The number of fused-ring (bicyclic) bond motifs is 1. The van der Waals surface area contributed by atoms with Crippen molar-refractivity contribution in [3.8, 4) is 0 Å². The number of carbonyl (C=O) groups is 1. The zero-order valence-corrected chi connectivity index (χ0v) is 18.8. The minimum Gasteiger partial charge on any atom is -0.422 e. The highest BCUT2D eigenvalue weighted by Crippen LogP contribution is 2.27. The van der Waals surface area contributed by atoms with Crippen LogP contribution < -0.4 is 10.2 Å². The Bertz CT molecular complexity index is 1180. The lowest BCUT2D eigenvalue weighted by atomic mass is 9.99. The Hall–Kier alpha value is -2.79. The van der Waals surface area contributed by atoms with Crippen molar-refractivity contribution in [2.24, 2.45) is 5.92 Å². The SMILES string of the molecule is Cc1ccc2oc(N3CCN(C(O)N4CC(C(=O)Nc5ccc(F)cc5Cl)C4)CC3)nc2n1. The molecule has 5 rings (SSSR count). The number of benzene rings is 1. The summed E-state index contributed by atoms with van der Waals surface area (Å²) in [5.41, 5.74) is 2.52. The van der Waals surface area contributed by atoms with Gasteiger partial charge < -0.3 is 19.7 Å². The molecular formula is C22H24ClFN6O3. The highest BCUT2D eigenvalue weighted by molar-refractivity contribution is 6.33. The van der Waals surface area contributed by atoms with E-state index in [1.807, 2.05) is 33.8 Å². The van der Waals surface area contributed by atoms with E-state index < -0.39 is 12.2 Å². The van der Waals surface area contributed by atoms with E-state index in [9.17, 15) is 14.3 Å². The van der Waals surface area contributed by atoms with Crippen LogP contribution in [0.25, 0.3) is 11.2 Å². The maximum absolute atomic E-state index is 13.2. The molecule has 0 aliphatic carbocycles. The number of rotatable bonds is 5. The molecule has 1 unspecified atom stereocenters. The molecule has 2 aliphatic rings. The number of oxazole rings is 1. The van der Waals surface area contributed by atoms with Crippen molar-refractivity contribution in [2.75, 3.05) is 49.5 Å². The van der Waals surface area contributed by atoms with Crippen LogP contribution in [-0.2, 0) is 4.79 Å². The number of amides is 1. The number of aryl methyl sites for hydroxylation is 1. The molecule has 11 heteroatoms. The summed E-state index contributed by atoms with van der Waals surface area (Å²) in [6.07, 6.45) is -0.765. The number of aromatic nitrogens is 2. The van der Waals surface area contributed by atoms with Crippen molar-refractivity contribution in [3.05, 3.63) is 46.9 Å². The monoisotopic (exact) mass is 474 g/mol. The number of hydrogen-bond donors (Lipinski definition) is 2. The fourth-order valence-corrected chi connectivity index (χ4v) is 4.32. The number of carbonyl (C=O) groups excluding carboxylic acids is 1. The first-order valence-electron chi connectivity index (χ1n) is 10.8. The molecule has 1 amide bonds. The van der Waals surface area contributed by atoms with Crippen molar-refractivity contribution in [1.29, 1.82) is 0 Å². The normalized spacial score (nSPS) is 19.0. The molecule has 0 bridgehead atoms. The van der Waals surface area contributed by atoms with Crippen LogP contribution in [-0.4, -0.2) is 76.4 Å². The molecule has 2 aromatic heterocycles. The summed E-state index contributed by atoms with van der Waals surface area (Å²) >= 11 is 5.98.